The Balaban J connectivity index is 1.51. The predicted molar refractivity (Wildman–Crippen MR) is 111 cm³/mol. The number of pyridine rings is 1. The fourth-order valence-corrected chi connectivity index (χ4v) is 4.27. The minimum Gasteiger partial charge on any atom is -0.393 e. The lowest BCUT2D eigenvalue weighted by molar-refractivity contribution is 0.0934. The molecule has 0 saturated heterocycles. The molecule has 4 rings (SSSR count). The van der Waals surface area contributed by atoms with Gasteiger partial charge < -0.3 is 15.7 Å². The van der Waals surface area contributed by atoms with Crippen molar-refractivity contribution in [3.05, 3.63) is 64.9 Å². The zero-order valence-electron chi connectivity index (χ0n) is 16.1. The minimum atomic E-state index is -0.774. The van der Waals surface area contributed by atoms with Crippen LogP contribution in [0.25, 0.3) is 10.6 Å². The second-order valence-electron chi connectivity index (χ2n) is 7.15. The van der Waals surface area contributed by atoms with Gasteiger partial charge in [-0.2, -0.15) is 0 Å². The molecular formula is C21H18F2N4O3S. The number of anilines is 1. The number of halogens is 2. The zero-order valence-corrected chi connectivity index (χ0v) is 17.0. The van der Waals surface area contributed by atoms with E-state index in [2.05, 4.69) is 20.6 Å². The van der Waals surface area contributed by atoms with Gasteiger partial charge in [0.25, 0.3) is 11.8 Å². The van der Waals surface area contributed by atoms with Crippen LogP contribution < -0.4 is 10.6 Å². The van der Waals surface area contributed by atoms with Gasteiger partial charge in [-0.3, -0.25) is 14.6 Å². The Bertz CT molecular complexity index is 1120. The van der Waals surface area contributed by atoms with Crippen LogP contribution in [0.5, 0.6) is 0 Å². The van der Waals surface area contributed by atoms with Crippen molar-refractivity contribution >= 4 is 28.8 Å². The van der Waals surface area contributed by atoms with Crippen molar-refractivity contribution in [1.29, 1.82) is 0 Å². The van der Waals surface area contributed by atoms with Crippen LogP contribution in [-0.2, 0) is 0 Å². The molecular weight excluding hydrogens is 426 g/mol. The molecule has 0 spiro atoms. The molecule has 2 atom stereocenters. The number of benzene rings is 1. The van der Waals surface area contributed by atoms with Crippen LogP contribution in [0.1, 0.15) is 40.1 Å². The Labute approximate surface area is 180 Å². The van der Waals surface area contributed by atoms with Crippen LogP contribution in [0.15, 0.2) is 42.0 Å². The first-order valence-electron chi connectivity index (χ1n) is 9.56. The maximum Gasteiger partial charge on any atom is 0.275 e. The van der Waals surface area contributed by atoms with E-state index in [9.17, 15) is 23.5 Å². The summed E-state index contributed by atoms with van der Waals surface area (Å²) in [5.41, 5.74) is 0.0408. The number of carbonyl (C=O) groups is 2. The first-order chi connectivity index (χ1) is 14.9. The second kappa shape index (κ2) is 8.86. The number of rotatable bonds is 5. The van der Waals surface area contributed by atoms with E-state index in [-0.39, 0.29) is 33.6 Å². The number of amides is 2. The lowest BCUT2D eigenvalue weighted by Gasteiger charge is -2.14. The molecule has 7 nitrogen and oxygen atoms in total. The van der Waals surface area contributed by atoms with Crippen LogP contribution in [0.3, 0.4) is 0 Å². The Morgan fingerprint density at radius 1 is 1.13 bits per heavy atom. The molecule has 0 unspecified atom stereocenters. The van der Waals surface area contributed by atoms with Gasteiger partial charge in [0.15, 0.2) is 0 Å². The van der Waals surface area contributed by atoms with Crippen LogP contribution >= 0.6 is 11.3 Å². The maximum absolute atomic E-state index is 14.0. The van der Waals surface area contributed by atoms with Gasteiger partial charge in [-0.15, -0.1) is 11.3 Å². The average Bonchev–Trinajstić information content (AvgIpc) is 3.37. The molecule has 1 aliphatic rings. The topological polar surface area (TPSA) is 104 Å². The Morgan fingerprint density at radius 3 is 2.61 bits per heavy atom. The van der Waals surface area contributed by atoms with Gasteiger partial charge in [0.05, 0.1) is 29.1 Å². The van der Waals surface area contributed by atoms with E-state index in [0.29, 0.717) is 19.3 Å². The molecule has 2 heterocycles. The highest BCUT2D eigenvalue weighted by Crippen LogP contribution is 2.29. The first kappa shape index (κ1) is 21.0. The van der Waals surface area contributed by atoms with E-state index in [1.807, 2.05) is 0 Å². The van der Waals surface area contributed by atoms with Crippen molar-refractivity contribution in [2.24, 2.45) is 0 Å². The predicted octanol–water partition coefficient (Wildman–Crippen LogP) is 3.38. The molecule has 0 aliphatic heterocycles. The maximum atomic E-state index is 14.0. The number of hydrogen-bond donors (Lipinski definition) is 3. The normalized spacial score (nSPS) is 18.0. The molecule has 1 fully saturated rings. The smallest absolute Gasteiger partial charge is 0.275 e. The molecule has 160 valence electrons. The van der Waals surface area contributed by atoms with E-state index in [1.54, 1.807) is 0 Å². The summed E-state index contributed by atoms with van der Waals surface area (Å²) in [7, 11) is 0. The Hall–Kier alpha value is -3.24. The Kier molecular flexibility index (Phi) is 6.01. The van der Waals surface area contributed by atoms with Gasteiger partial charge in [0, 0.05) is 17.6 Å². The number of hydrogen-bond acceptors (Lipinski definition) is 6. The minimum absolute atomic E-state index is 0.0321. The van der Waals surface area contributed by atoms with Crippen molar-refractivity contribution in [2.45, 2.75) is 31.4 Å². The number of thiazole rings is 1. The van der Waals surface area contributed by atoms with Gasteiger partial charge in [-0.1, -0.05) is 6.07 Å². The summed E-state index contributed by atoms with van der Waals surface area (Å²) in [6.07, 6.45) is 4.11. The molecule has 1 saturated carbocycles. The summed E-state index contributed by atoms with van der Waals surface area (Å²) in [6, 6.07) is 4.80. The molecule has 10 heteroatoms. The van der Waals surface area contributed by atoms with Crippen molar-refractivity contribution in [2.75, 3.05) is 5.32 Å². The molecule has 2 amide bonds. The van der Waals surface area contributed by atoms with Gasteiger partial charge in [0.1, 0.15) is 22.3 Å². The fourth-order valence-electron chi connectivity index (χ4n) is 3.43. The number of carbonyl (C=O) groups excluding carboxylic acids is 2. The third kappa shape index (κ3) is 4.59. The molecule has 3 N–H and O–H groups in total. The summed E-state index contributed by atoms with van der Waals surface area (Å²) in [5, 5.41) is 16.5. The van der Waals surface area contributed by atoms with Crippen LogP contribution in [0, 0.1) is 11.6 Å². The van der Waals surface area contributed by atoms with Crippen molar-refractivity contribution < 1.29 is 23.5 Å². The summed E-state index contributed by atoms with van der Waals surface area (Å²) in [4.78, 5) is 33.3. The summed E-state index contributed by atoms with van der Waals surface area (Å²) < 4.78 is 28.0. The molecule has 0 radical (unpaired) electrons. The van der Waals surface area contributed by atoms with Gasteiger partial charge >= 0.3 is 0 Å². The number of aliphatic hydroxyl groups is 1. The van der Waals surface area contributed by atoms with Gasteiger partial charge in [0.2, 0.25) is 0 Å². The van der Waals surface area contributed by atoms with Crippen LogP contribution in [0.2, 0.25) is 0 Å². The molecule has 31 heavy (non-hydrogen) atoms. The van der Waals surface area contributed by atoms with Crippen LogP contribution in [-0.4, -0.2) is 39.0 Å². The highest BCUT2D eigenvalue weighted by molar-refractivity contribution is 7.13. The first-order valence-corrected chi connectivity index (χ1v) is 10.4. The number of aliphatic hydroxyl groups excluding tert-OH is 1. The summed E-state index contributed by atoms with van der Waals surface area (Å²) in [5.74, 6) is -2.59. The monoisotopic (exact) mass is 444 g/mol. The van der Waals surface area contributed by atoms with E-state index in [4.69, 9.17) is 0 Å². The molecule has 1 aromatic carbocycles. The Morgan fingerprint density at radius 2 is 1.90 bits per heavy atom. The third-order valence-electron chi connectivity index (χ3n) is 4.97. The van der Waals surface area contributed by atoms with Crippen molar-refractivity contribution in [3.8, 4) is 10.6 Å². The highest BCUT2D eigenvalue weighted by atomic mass is 32.1. The van der Waals surface area contributed by atoms with Gasteiger partial charge in [-0.25, -0.2) is 13.8 Å². The zero-order chi connectivity index (χ0) is 22.0. The highest BCUT2D eigenvalue weighted by Gasteiger charge is 2.26. The van der Waals surface area contributed by atoms with Crippen molar-refractivity contribution in [3.63, 3.8) is 0 Å². The molecule has 2 aromatic heterocycles. The second-order valence-corrected chi connectivity index (χ2v) is 8.01. The van der Waals surface area contributed by atoms with Crippen molar-refractivity contribution in [1.82, 2.24) is 15.3 Å². The standard InChI is InChI=1S/C21H18F2N4O3S/c22-14-2-1-3-15(23)18(14)21-27-17(10-31-21)20(30)26-16-9-24-7-6-13(16)19(29)25-11-4-5-12(28)8-11/h1-3,6-7,9-12,28H,4-5,8H2,(H,25,29)(H,26,30)/t11-,12+/m1/s1. The molecule has 3 aromatic rings. The third-order valence-corrected chi connectivity index (χ3v) is 5.83. The largest absolute Gasteiger partial charge is 0.393 e. The van der Waals surface area contributed by atoms with Crippen LogP contribution in [0.4, 0.5) is 14.5 Å². The summed E-state index contributed by atoms with van der Waals surface area (Å²) in [6.45, 7) is 0. The van der Waals surface area contributed by atoms with E-state index in [1.165, 1.54) is 29.9 Å². The van der Waals surface area contributed by atoms with E-state index in [0.717, 1.165) is 23.5 Å². The van der Waals surface area contributed by atoms with Gasteiger partial charge in [-0.05, 0) is 37.5 Å². The van der Waals surface area contributed by atoms with E-state index >= 15 is 0 Å². The number of aromatic nitrogens is 2. The number of nitrogens with zero attached hydrogens (tertiary/aromatic N) is 2. The fraction of sp³-hybridized carbons (Fsp3) is 0.238. The average molecular weight is 444 g/mol. The lowest BCUT2D eigenvalue weighted by atomic mass is 10.1. The molecule has 0 bridgehead atoms. The molecule has 1 aliphatic carbocycles. The number of nitrogens with one attached hydrogen (secondary N) is 2. The lowest BCUT2D eigenvalue weighted by Crippen LogP contribution is -2.34. The summed E-state index contributed by atoms with van der Waals surface area (Å²) >= 11 is 0.931. The van der Waals surface area contributed by atoms with E-state index < -0.39 is 29.6 Å². The quantitative estimate of drug-likeness (QED) is 0.560. The SMILES string of the molecule is O=C(Nc1cnccc1C(=O)N[C@@H]1CC[C@H](O)C1)c1csc(-c2c(F)cccc2F)n1.